The van der Waals surface area contributed by atoms with Crippen LogP contribution in [0.25, 0.3) is 0 Å². The zero-order valence-electron chi connectivity index (χ0n) is 14.7. The van der Waals surface area contributed by atoms with E-state index in [1.807, 2.05) is 55.5 Å². The van der Waals surface area contributed by atoms with E-state index in [9.17, 15) is 9.59 Å². The van der Waals surface area contributed by atoms with Gasteiger partial charge in [0.1, 0.15) is 5.41 Å². The molecular formula is C20H24N2O3. The van der Waals surface area contributed by atoms with Crippen molar-refractivity contribution in [3.8, 4) is 0 Å². The number of esters is 1. The molecule has 0 aliphatic heterocycles. The maximum absolute atomic E-state index is 12.5. The normalized spacial score (nSPS) is 12.9. The van der Waals surface area contributed by atoms with E-state index in [1.54, 1.807) is 6.20 Å². The van der Waals surface area contributed by atoms with E-state index < -0.39 is 5.41 Å². The molecule has 0 saturated heterocycles. The van der Waals surface area contributed by atoms with Gasteiger partial charge in [0.25, 0.3) is 0 Å². The Balaban J connectivity index is 2.04. The molecular weight excluding hydrogens is 316 g/mol. The molecule has 0 fully saturated rings. The molecule has 0 radical (unpaired) electrons. The highest BCUT2D eigenvalue weighted by Gasteiger charge is 2.40. The van der Waals surface area contributed by atoms with Crippen molar-refractivity contribution in [2.45, 2.75) is 31.6 Å². The van der Waals surface area contributed by atoms with Gasteiger partial charge in [-0.2, -0.15) is 0 Å². The molecule has 1 unspecified atom stereocenters. The van der Waals surface area contributed by atoms with Crippen LogP contribution >= 0.6 is 0 Å². The Morgan fingerprint density at radius 1 is 1.12 bits per heavy atom. The molecule has 1 N–H and O–H groups in total. The van der Waals surface area contributed by atoms with Gasteiger partial charge in [0, 0.05) is 24.9 Å². The van der Waals surface area contributed by atoms with Gasteiger partial charge in [0.15, 0.2) is 0 Å². The van der Waals surface area contributed by atoms with E-state index in [0.29, 0.717) is 19.3 Å². The molecule has 0 aliphatic rings. The zero-order valence-corrected chi connectivity index (χ0v) is 14.7. The Morgan fingerprint density at radius 2 is 1.84 bits per heavy atom. The van der Waals surface area contributed by atoms with Crippen LogP contribution in [0, 0.1) is 0 Å². The summed E-state index contributed by atoms with van der Waals surface area (Å²) in [6.07, 6.45) is 3.13. The Labute approximate surface area is 148 Å². The van der Waals surface area contributed by atoms with E-state index >= 15 is 0 Å². The zero-order chi connectivity index (χ0) is 18.1. The van der Waals surface area contributed by atoms with E-state index in [2.05, 4.69) is 10.3 Å². The number of hydrogen-bond donors (Lipinski definition) is 1. The predicted molar refractivity (Wildman–Crippen MR) is 96.0 cm³/mol. The molecule has 0 saturated carbocycles. The second-order valence-corrected chi connectivity index (χ2v) is 5.89. The first-order valence-electron chi connectivity index (χ1n) is 8.43. The largest absolute Gasteiger partial charge is 0.468 e. The van der Waals surface area contributed by atoms with E-state index in [-0.39, 0.29) is 18.4 Å². The maximum atomic E-state index is 12.5. The molecule has 0 spiro atoms. The van der Waals surface area contributed by atoms with Crippen LogP contribution < -0.4 is 5.32 Å². The monoisotopic (exact) mass is 340 g/mol. The number of nitrogens with one attached hydrogen (secondary N) is 1. The van der Waals surface area contributed by atoms with Gasteiger partial charge >= 0.3 is 5.97 Å². The van der Waals surface area contributed by atoms with E-state index in [1.165, 1.54) is 7.11 Å². The van der Waals surface area contributed by atoms with Crippen LogP contribution in [0.5, 0.6) is 0 Å². The highest BCUT2D eigenvalue weighted by molar-refractivity contribution is 5.85. The molecule has 0 bridgehead atoms. The van der Waals surface area contributed by atoms with Gasteiger partial charge in [0.2, 0.25) is 5.91 Å². The number of hydrogen-bond acceptors (Lipinski definition) is 4. The molecule has 1 aromatic heterocycles. The summed E-state index contributed by atoms with van der Waals surface area (Å²) < 4.78 is 5.02. The highest BCUT2D eigenvalue weighted by atomic mass is 16.5. The van der Waals surface area contributed by atoms with Crippen LogP contribution in [0.15, 0.2) is 54.7 Å². The number of carbonyl (C=O) groups is 2. The molecule has 1 aromatic carbocycles. The average Bonchev–Trinajstić information content (AvgIpc) is 2.68. The lowest BCUT2D eigenvalue weighted by Gasteiger charge is -2.30. The third-order valence-corrected chi connectivity index (χ3v) is 4.43. The number of benzene rings is 1. The Kier molecular flexibility index (Phi) is 6.69. The van der Waals surface area contributed by atoms with Crippen molar-refractivity contribution in [2.75, 3.05) is 13.7 Å². The summed E-state index contributed by atoms with van der Waals surface area (Å²) in [4.78, 5) is 28.9. The van der Waals surface area contributed by atoms with Crippen LogP contribution in [-0.4, -0.2) is 30.5 Å². The second-order valence-electron chi connectivity index (χ2n) is 5.89. The summed E-state index contributed by atoms with van der Waals surface area (Å²) >= 11 is 0. The fraction of sp³-hybridized carbons (Fsp3) is 0.350. The summed E-state index contributed by atoms with van der Waals surface area (Å²) in [7, 11) is 1.37. The van der Waals surface area contributed by atoms with Gasteiger partial charge in [-0.05, 0) is 30.5 Å². The fourth-order valence-electron chi connectivity index (χ4n) is 2.84. The van der Waals surface area contributed by atoms with E-state index in [0.717, 1.165) is 11.3 Å². The molecule has 1 amide bonds. The van der Waals surface area contributed by atoms with Crippen LogP contribution in [0.2, 0.25) is 0 Å². The topological polar surface area (TPSA) is 68.3 Å². The minimum atomic E-state index is -0.878. The second kappa shape index (κ2) is 8.97. The summed E-state index contributed by atoms with van der Waals surface area (Å²) in [5.41, 5.74) is 0.834. The lowest BCUT2D eigenvalue weighted by molar-refractivity contribution is -0.147. The third kappa shape index (κ3) is 4.66. The number of aromatic nitrogens is 1. The Hall–Kier alpha value is -2.69. The van der Waals surface area contributed by atoms with Gasteiger partial charge in [-0.25, -0.2) is 0 Å². The van der Waals surface area contributed by atoms with Crippen molar-refractivity contribution in [3.05, 3.63) is 66.0 Å². The van der Waals surface area contributed by atoms with E-state index in [4.69, 9.17) is 4.74 Å². The van der Waals surface area contributed by atoms with Crippen molar-refractivity contribution in [1.82, 2.24) is 10.3 Å². The van der Waals surface area contributed by atoms with Crippen molar-refractivity contribution >= 4 is 11.9 Å². The third-order valence-electron chi connectivity index (χ3n) is 4.43. The number of nitrogens with zero attached hydrogens (tertiary/aromatic N) is 1. The smallest absolute Gasteiger partial charge is 0.318 e. The number of rotatable bonds is 8. The first-order chi connectivity index (χ1) is 12.1. The molecule has 2 aromatic rings. The average molecular weight is 340 g/mol. The summed E-state index contributed by atoms with van der Waals surface area (Å²) in [5, 5.41) is 2.89. The lowest BCUT2D eigenvalue weighted by Crippen LogP contribution is -2.47. The van der Waals surface area contributed by atoms with Crippen LogP contribution in [0.1, 0.15) is 31.0 Å². The number of amides is 1. The number of aryl methyl sites for hydroxylation is 1. The van der Waals surface area contributed by atoms with Crippen LogP contribution in [-0.2, 0) is 26.2 Å². The molecule has 25 heavy (non-hydrogen) atoms. The molecule has 132 valence electrons. The lowest BCUT2D eigenvalue weighted by atomic mass is 9.78. The van der Waals surface area contributed by atoms with Gasteiger partial charge in [0.05, 0.1) is 7.11 Å². The van der Waals surface area contributed by atoms with Crippen LogP contribution in [0.4, 0.5) is 0 Å². The van der Waals surface area contributed by atoms with Crippen molar-refractivity contribution in [3.63, 3.8) is 0 Å². The van der Waals surface area contributed by atoms with Gasteiger partial charge < -0.3 is 10.1 Å². The summed E-state index contributed by atoms with van der Waals surface area (Å²) in [6, 6.07) is 15.1. The van der Waals surface area contributed by atoms with Gasteiger partial charge in [-0.15, -0.1) is 0 Å². The quantitative estimate of drug-likeness (QED) is 0.750. The SMILES string of the molecule is CCC(CNC(=O)CCc1ccccn1)(C(=O)OC)c1ccccc1. The first-order valence-corrected chi connectivity index (χ1v) is 8.43. The molecule has 1 heterocycles. The van der Waals surface area contributed by atoms with Crippen molar-refractivity contribution in [1.29, 1.82) is 0 Å². The fourth-order valence-corrected chi connectivity index (χ4v) is 2.84. The first kappa shape index (κ1) is 18.6. The van der Waals surface area contributed by atoms with Crippen molar-refractivity contribution in [2.24, 2.45) is 0 Å². The molecule has 2 rings (SSSR count). The summed E-state index contributed by atoms with van der Waals surface area (Å²) in [6.45, 7) is 2.13. The number of methoxy groups -OCH3 is 1. The minimum absolute atomic E-state index is 0.108. The molecule has 5 heteroatoms. The number of ether oxygens (including phenoxy) is 1. The standard InChI is InChI=1S/C20H24N2O3/c1-3-20(19(24)25-2,16-9-5-4-6-10-16)15-22-18(23)13-12-17-11-7-8-14-21-17/h4-11,14H,3,12-13,15H2,1-2H3,(H,22,23). The van der Waals surface area contributed by atoms with Crippen LogP contribution in [0.3, 0.4) is 0 Å². The predicted octanol–water partition coefficient (Wildman–Crippen LogP) is 2.65. The number of carbonyl (C=O) groups excluding carboxylic acids is 2. The maximum Gasteiger partial charge on any atom is 0.318 e. The Bertz CT molecular complexity index is 689. The molecule has 5 nitrogen and oxygen atoms in total. The van der Waals surface area contributed by atoms with Gasteiger partial charge in [-0.3, -0.25) is 14.6 Å². The van der Waals surface area contributed by atoms with Crippen molar-refractivity contribution < 1.29 is 14.3 Å². The highest BCUT2D eigenvalue weighted by Crippen LogP contribution is 2.29. The Morgan fingerprint density at radius 3 is 2.44 bits per heavy atom. The minimum Gasteiger partial charge on any atom is -0.468 e. The number of pyridine rings is 1. The van der Waals surface area contributed by atoms with Gasteiger partial charge in [-0.1, -0.05) is 43.3 Å². The summed E-state index contributed by atoms with van der Waals surface area (Å²) in [5.74, 6) is -0.450. The molecule has 1 atom stereocenters. The molecule has 0 aliphatic carbocycles.